The van der Waals surface area contributed by atoms with Crippen LogP contribution < -0.4 is 5.32 Å². The molecule has 1 N–H and O–H groups in total. The second-order valence-corrected chi connectivity index (χ2v) is 6.26. The number of aryl methyl sites for hydroxylation is 1. The molecule has 1 aromatic heterocycles. The molecule has 0 unspecified atom stereocenters. The first kappa shape index (κ1) is 17.0. The van der Waals surface area contributed by atoms with Gasteiger partial charge in [0.25, 0.3) is 0 Å². The third-order valence-corrected chi connectivity index (χ3v) is 4.20. The minimum absolute atomic E-state index is 0.153. The second-order valence-electron chi connectivity index (χ2n) is 5.85. The van der Waals surface area contributed by atoms with Gasteiger partial charge in [0.2, 0.25) is 5.91 Å². The topological polar surface area (TPSA) is 67.6 Å². The van der Waals surface area contributed by atoms with Gasteiger partial charge >= 0.3 is 0 Å². The fourth-order valence-electron chi connectivity index (χ4n) is 2.62. The van der Waals surface area contributed by atoms with Crippen molar-refractivity contribution < 1.29 is 14.1 Å². The largest absolute Gasteiger partial charge is 0.379 e. The van der Waals surface area contributed by atoms with Gasteiger partial charge in [-0.15, -0.1) is 0 Å². The lowest BCUT2D eigenvalue weighted by molar-refractivity contribution is -0.115. The number of nitrogens with zero attached hydrogens (tertiary/aromatic N) is 2. The van der Waals surface area contributed by atoms with Crippen LogP contribution in [0.2, 0.25) is 5.02 Å². The van der Waals surface area contributed by atoms with Crippen LogP contribution in [0.25, 0.3) is 0 Å². The molecule has 0 atom stereocenters. The molecule has 1 saturated heterocycles. The molecule has 1 aromatic carbocycles. The number of carbonyl (C=O) groups is 1. The molecule has 24 heavy (non-hydrogen) atoms. The van der Waals surface area contributed by atoms with Crippen LogP contribution in [0, 0.1) is 6.92 Å². The van der Waals surface area contributed by atoms with E-state index in [2.05, 4.69) is 15.4 Å². The van der Waals surface area contributed by atoms with Crippen LogP contribution in [-0.2, 0) is 22.5 Å². The molecule has 3 rings (SSSR count). The molecule has 1 aliphatic heterocycles. The Kier molecular flexibility index (Phi) is 5.50. The summed E-state index contributed by atoms with van der Waals surface area (Å²) in [6.07, 6.45) is 0.171. The van der Waals surface area contributed by atoms with Gasteiger partial charge < -0.3 is 14.6 Å². The Labute approximate surface area is 145 Å². The molecular formula is C17H20ClN3O3. The highest BCUT2D eigenvalue weighted by molar-refractivity contribution is 6.31. The van der Waals surface area contributed by atoms with Gasteiger partial charge in [0, 0.05) is 36.4 Å². The normalized spacial score (nSPS) is 15.4. The molecule has 1 fully saturated rings. The summed E-state index contributed by atoms with van der Waals surface area (Å²) < 4.78 is 10.3. The fraction of sp³-hybridized carbons (Fsp3) is 0.412. The van der Waals surface area contributed by atoms with Crippen LogP contribution in [0.4, 0.5) is 5.69 Å². The average molecular weight is 350 g/mol. The van der Waals surface area contributed by atoms with E-state index in [9.17, 15) is 4.79 Å². The van der Waals surface area contributed by atoms with Crippen LogP contribution in [0.3, 0.4) is 0 Å². The minimum atomic E-state index is -0.153. The van der Waals surface area contributed by atoms with Crippen molar-refractivity contribution in [3.63, 3.8) is 0 Å². The standard InChI is InChI=1S/C17H20ClN3O3/c1-12-8-15(20-24-12)10-17(22)19-14-3-2-13(16(18)9-14)11-21-4-6-23-7-5-21/h2-3,8-9H,4-7,10-11H2,1H3,(H,19,22). The predicted molar refractivity (Wildman–Crippen MR) is 91.1 cm³/mol. The van der Waals surface area contributed by atoms with Crippen molar-refractivity contribution in [3.8, 4) is 0 Å². The zero-order chi connectivity index (χ0) is 16.9. The number of rotatable bonds is 5. The van der Waals surface area contributed by atoms with E-state index in [4.69, 9.17) is 20.9 Å². The summed E-state index contributed by atoms with van der Waals surface area (Å²) in [4.78, 5) is 14.3. The highest BCUT2D eigenvalue weighted by Gasteiger charge is 2.13. The van der Waals surface area contributed by atoms with Gasteiger partial charge in [0.1, 0.15) is 5.76 Å². The van der Waals surface area contributed by atoms with E-state index >= 15 is 0 Å². The second kappa shape index (κ2) is 7.79. The van der Waals surface area contributed by atoms with E-state index in [1.165, 1.54) is 0 Å². The summed E-state index contributed by atoms with van der Waals surface area (Å²) in [7, 11) is 0. The number of hydrogen-bond acceptors (Lipinski definition) is 5. The van der Waals surface area contributed by atoms with Crippen molar-refractivity contribution in [3.05, 3.63) is 46.3 Å². The molecule has 2 aromatic rings. The highest BCUT2D eigenvalue weighted by Crippen LogP contribution is 2.23. The lowest BCUT2D eigenvalue weighted by Gasteiger charge is -2.27. The Morgan fingerprint density at radius 3 is 2.79 bits per heavy atom. The Bertz CT molecular complexity index is 711. The highest BCUT2D eigenvalue weighted by atomic mass is 35.5. The summed E-state index contributed by atoms with van der Waals surface area (Å²) >= 11 is 6.36. The van der Waals surface area contributed by atoms with Crippen molar-refractivity contribution in [2.75, 3.05) is 31.6 Å². The third-order valence-electron chi connectivity index (χ3n) is 3.85. The van der Waals surface area contributed by atoms with Gasteiger partial charge in [-0.25, -0.2) is 0 Å². The molecule has 0 aliphatic carbocycles. The summed E-state index contributed by atoms with van der Waals surface area (Å²) in [5.74, 6) is 0.536. The van der Waals surface area contributed by atoms with E-state index < -0.39 is 0 Å². The molecule has 0 saturated carbocycles. The summed E-state index contributed by atoms with van der Waals surface area (Å²) in [6, 6.07) is 7.35. The number of benzene rings is 1. The Morgan fingerprint density at radius 1 is 1.33 bits per heavy atom. The van der Waals surface area contributed by atoms with Crippen LogP contribution >= 0.6 is 11.6 Å². The van der Waals surface area contributed by atoms with Gasteiger partial charge in [0.15, 0.2) is 0 Å². The number of carbonyl (C=O) groups excluding carboxylic acids is 1. The molecule has 7 heteroatoms. The number of morpholine rings is 1. The average Bonchev–Trinajstić information content (AvgIpc) is 2.96. The van der Waals surface area contributed by atoms with E-state index in [-0.39, 0.29) is 12.3 Å². The molecule has 0 radical (unpaired) electrons. The number of ether oxygens (including phenoxy) is 1. The molecule has 1 amide bonds. The number of halogens is 1. The molecule has 6 nitrogen and oxygen atoms in total. The van der Waals surface area contributed by atoms with Crippen molar-refractivity contribution in [1.82, 2.24) is 10.1 Å². The van der Waals surface area contributed by atoms with Crippen LogP contribution in [0.5, 0.6) is 0 Å². The number of nitrogens with one attached hydrogen (secondary N) is 1. The fourth-order valence-corrected chi connectivity index (χ4v) is 2.86. The quantitative estimate of drug-likeness (QED) is 0.898. The van der Waals surface area contributed by atoms with E-state index in [1.807, 2.05) is 12.1 Å². The van der Waals surface area contributed by atoms with Gasteiger partial charge in [-0.3, -0.25) is 9.69 Å². The van der Waals surface area contributed by atoms with Crippen molar-refractivity contribution in [1.29, 1.82) is 0 Å². The lowest BCUT2D eigenvalue weighted by Crippen LogP contribution is -2.35. The van der Waals surface area contributed by atoms with Crippen molar-refractivity contribution in [2.45, 2.75) is 19.9 Å². The maximum Gasteiger partial charge on any atom is 0.230 e. The van der Waals surface area contributed by atoms with Crippen molar-refractivity contribution >= 4 is 23.2 Å². The first-order chi connectivity index (χ1) is 11.6. The Morgan fingerprint density at radius 2 is 2.12 bits per heavy atom. The number of hydrogen-bond donors (Lipinski definition) is 1. The van der Waals surface area contributed by atoms with E-state index in [1.54, 1.807) is 19.1 Å². The maximum atomic E-state index is 12.0. The summed E-state index contributed by atoms with van der Waals surface area (Å²) in [6.45, 7) is 5.91. The zero-order valence-corrected chi connectivity index (χ0v) is 14.3. The monoisotopic (exact) mass is 349 g/mol. The smallest absolute Gasteiger partial charge is 0.230 e. The Balaban J connectivity index is 1.58. The van der Waals surface area contributed by atoms with Gasteiger partial charge in [-0.05, 0) is 24.6 Å². The van der Waals surface area contributed by atoms with Gasteiger partial charge in [-0.1, -0.05) is 22.8 Å². The van der Waals surface area contributed by atoms with E-state index in [0.717, 1.165) is 38.4 Å². The Hall–Kier alpha value is -1.89. The summed E-state index contributed by atoms with van der Waals surface area (Å²) in [5, 5.41) is 7.30. The molecule has 0 spiro atoms. The summed E-state index contributed by atoms with van der Waals surface area (Å²) in [5.41, 5.74) is 2.33. The molecule has 2 heterocycles. The lowest BCUT2D eigenvalue weighted by atomic mass is 10.1. The minimum Gasteiger partial charge on any atom is -0.379 e. The van der Waals surface area contributed by atoms with Gasteiger partial charge in [-0.2, -0.15) is 0 Å². The van der Waals surface area contributed by atoms with Crippen LogP contribution in [0.15, 0.2) is 28.8 Å². The van der Waals surface area contributed by atoms with Gasteiger partial charge in [0.05, 0.1) is 25.3 Å². The number of aromatic nitrogens is 1. The van der Waals surface area contributed by atoms with Crippen LogP contribution in [-0.4, -0.2) is 42.3 Å². The zero-order valence-electron chi connectivity index (χ0n) is 13.5. The van der Waals surface area contributed by atoms with Crippen molar-refractivity contribution in [2.24, 2.45) is 0 Å². The molecule has 0 bridgehead atoms. The predicted octanol–water partition coefficient (Wildman–Crippen LogP) is 2.65. The first-order valence-corrected chi connectivity index (χ1v) is 8.28. The molecule has 128 valence electrons. The number of amides is 1. The SMILES string of the molecule is Cc1cc(CC(=O)Nc2ccc(CN3CCOCC3)c(Cl)c2)no1. The maximum absolute atomic E-state index is 12.0. The first-order valence-electron chi connectivity index (χ1n) is 7.91. The molecule has 1 aliphatic rings. The number of anilines is 1. The molecular weight excluding hydrogens is 330 g/mol. The van der Waals surface area contributed by atoms with Crippen LogP contribution in [0.1, 0.15) is 17.0 Å². The third kappa shape index (κ3) is 4.56. The van der Waals surface area contributed by atoms with E-state index in [0.29, 0.717) is 22.2 Å².